The van der Waals surface area contributed by atoms with Crippen LogP contribution in [0.5, 0.6) is 0 Å². The monoisotopic (exact) mass is 140 g/mol. The highest BCUT2D eigenvalue weighted by atomic mass is 16.2. The van der Waals surface area contributed by atoms with Gasteiger partial charge >= 0.3 is 0 Å². The maximum absolute atomic E-state index is 8.52. The maximum Gasteiger partial charge on any atom is 0.0925 e. The molecule has 1 heterocycles. The largest absolute Gasteiger partial charge is 0.396 e. The van der Waals surface area contributed by atoms with Crippen LogP contribution in [-0.4, -0.2) is 21.7 Å². The topological polar surface area (TPSA) is 48.9 Å². The van der Waals surface area contributed by atoms with Crippen LogP contribution in [0.15, 0.2) is 6.33 Å². The molecule has 0 atom stereocenters. The van der Waals surface area contributed by atoms with Crippen molar-refractivity contribution in [1.82, 2.24) is 9.97 Å². The summed E-state index contributed by atoms with van der Waals surface area (Å²) in [5.74, 6) is 0. The van der Waals surface area contributed by atoms with Gasteiger partial charge in [-0.3, -0.25) is 0 Å². The van der Waals surface area contributed by atoms with Crippen LogP contribution in [-0.2, 0) is 6.42 Å². The normalized spacial score (nSPS) is 10.2. The minimum Gasteiger partial charge on any atom is -0.396 e. The van der Waals surface area contributed by atoms with Crippen LogP contribution in [0.2, 0.25) is 0 Å². The number of imidazole rings is 1. The summed E-state index contributed by atoms with van der Waals surface area (Å²) < 4.78 is 0. The number of nitrogens with one attached hydrogen (secondary N) is 1. The third-order valence-electron chi connectivity index (χ3n) is 1.51. The zero-order chi connectivity index (χ0) is 7.40. The predicted octanol–water partition coefficient (Wildman–Crippen LogP) is 0.643. The van der Waals surface area contributed by atoms with Crippen LogP contribution in [0.1, 0.15) is 17.8 Å². The number of aryl methyl sites for hydroxylation is 2. The van der Waals surface area contributed by atoms with Gasteiger partial charge in [-0.05, 0) is 19.8 Å². The van der Waals surface area contributed by atoms with Crippen LogP contribution in [0, 0.1) is 6.92 Å². The summed E-state index contributed by atoms with van der Waals surface area (Å²) in [6.07, 6.45) is 3.35. The molecule has 1 rings (SSSR count). The molecule has 0 saturated heterocycles. The average molecular weight is 140 g/mol. The smallest absolute Gasteiger partial charge is 0.0925 e. The van der Waals surface area contributed by atoms with Gasteiger partial charge < -0.3 is 10.1 Å². The third kappa shape index (κ3) is 1.57. The van der Waals surface area contributed by atoms with Crippen molar-refractivity contribution in [3.63, 3.8) is 0 Å². The lowest BCUT2D eigenvalue weighted by molar-refractivity contribution is 0.288. The predicted molar refractivity (Wildman–Crippen MR) is 38.7 cm³/mol. The fraction of sp³-hybridized carbons (Fsp3) is 0.571. The van der Waals surface area contributed by atoms with E-state index in [1.807, 2.05) is 6.92 Å². The van der Waals surface area contributed by atoms with Crippen molar-refractivity contribution in [3.8, 4) is 0 Å². The molecule has 0 amide bonds. The fourth-order valence-corrected chi connectivity index (χ4v) is 0.886. The second kappa shape index (κ2) is 3.37. The first-order valence-electron chi connectivity index (χ1n) is 3.44. The molecule has 10 heavy (non-hydrogen) atoms. The zero-order valence-corrected chi connectivity index (χ0v) is 6.09. The van der Waals surface area contributed by atoms with Crippen molar-refractivity contribution in [2.45, 2.75) is 19.8 Å². The van der Waals surface area contributed by atoms with E-state index < -0.39 is 0 Å². The SMILES string of the molecule is Cc1[nH]cnc1CCCO. The Morgan fingerprint density at radius 2 is 2.50 bits per heavy atom. The van der Waals surface area contributed by atoms with Crippen molar-refractivity contribution in [1.29, 1.82) is 0 Å². The van der Waals surface area contributed by atoms with E-state index in [4.69, 9.17) is 5.11 Å². The molecule has 0 unspecified atom stereocenters. The van der Waals surface area contributed by atoms with Crippen LogP contribution >= 0.6 is 0 Å². The van der Waals surface area contributed by atoms with E-state index in [0.717, 1.165) is 24.2 Å². The lowest BCUT2D eigenvalue weighted by Crippen LogP contribution is -1.91. The number of aromatic amines is 1. The molecule has 0 bridgehead atoms. The van der Waals surface area contributed by atoms with E-state index in [1.54, 1.807) is 6.33 Å². The number of nitrogens with zero attached hydrogens (tertiary/aromatic N) is 1. The Morgan fingerprint density at radius 1 is 1.70 bits per heavy atom. The van der Waals surface area contributed by atoms with E-state index >= 15 is 0 Å². The molecule has 3 heteroatoms. The summed E-state index contributed by atoms with van der Waals surface area (Å²) in [6.45, 7) is 2.23. The Balaban J connectivity index is 2.49. The van der Waals surface area contributed by atoms with Gasteiger partial charge in [0.2, 0.25) is 0 Å². The van der Waals surface area contributed by atoms with Crippen LogP contribution in [0.3, 0.4) is 0 Å². The Bertz CT molecular complexity index is 195. The quantitative estimate of drug-likeness (QED) is 0.647. The lowest BCUT2D eigenvalue weighted by atomic mass is 10.2. The van der Waals surface area contributed by atoms with Crippen LogP contribution in [0.4, 0.5) is 0 Å². The Morgan fingerprint density at radius 3 is 3.00 bits per heavy atom. The van der Waals surface area contributed by atoms with E-state index in [-0.39, 0.29) is 6.61 Å². The standard InChI is InChI=1S/C7H12N2O/c1-6-7(3-2-4-10)9-5-8-6/h5,10H,2-4H2,1H3,(H,8,9). The van der Waals surface area contributed by atoms with E-state index in [1.165, 1.54) is 0 Å². The highest BCUT2D eigenvalue weighted by molar-refractivity contribution is 5.08. The minimum absolute atomic E-state index is 0.242. The van der Waals surface area contributed by atoms with E-state index in [0.29, 0.717) is 0 Å². The molecule has 3 nitrogen and oxygen atoms in total. The molecule has 1 aromatic heterocycles. The second-order valence-corrected chi connectivity index (χ2v) is 2.30. The van der Waals surface area contributed by atoms with Gasteiger partial charge in [-0.25, -0.2) is 4.98 Å². The van der Waals surface area contributed by atoms with Gasteiger partial charge in [0.05, 0.1) is 12.0 Å². The number of aliphatic hydroxyl groups excluding tert-OH is 1. The molecule has 0 aliphatic carbocycles. The van der Waals surface area contributed by atoms with Gasteiger partial charge in [0.1, 0.15) is 0 Å². The maximum atomic E-state index is 8.52. The summed E-state index contributed by atoms with van der Waals surface area (Å²) in [5, 5.41) is 8.52. The molecule has 2 N–H and O–H groups in total. The number of aliphatic hydroxyl groups is 1. The molecule has 56 valence electrons. The Labute approximate surface area is 60.1 Å². The highest BCUT2D eigenvalue weighted by Crippen LogP contribution is 2.02. The first-order chi connectivity index (χ1) is 4.84. The summed E-state index contributed by atoms with van der Waals surface area (Å²) >= 11 is 0. The van der Waals surface area contributed by atoms with E-state index in [2.05, 4.69) is 9.97 Å². The van der Waals surface area contributed by atoms with Crippen molar-refractivity contribution in [3.05, 3.63) is 17.7 Å². The minimum atomic E-state index is 0.242. The number of hydrogen-bond acceptors (Lipinski definition) is 2. The molecule has 0 radical (unpaired) electrons. The molecule has 0 fully saturated rings. The van der Waals surface area contributed by atoms with E-state index in [9.17, 15) is 0 Å². The first kappa shape index (κ1) is 7.28. The van der Waals surface area contributed by atoms with Gasteiger partial charge in [0.15, 0.2) is 0 Å². The molecule has 0 aromatic carbocycles. The van der Waals surface area contributed by atoms with Gasteiger partial charge in [0.25, 0.3) is 0 Å². The molecule has 0 aliphatic rings. The van der Waals surface area contributed by atoms with Crippen LogP contribution in [0.25, 0.3) is 0 Å². The molecule has 0 spiro atoms. The molecule has 0 aliphatic heterocycles. The Kier molecular flexibility index (Phi) is 2.45. The average Bonchev–Trinajstić information content (AvgIpc) is 2.31. The first-order valence-corrected chi connectivity index (χ1v) is 3.44. The number of H-pyrrole nitrogens is 1. The lowest BCUT2D eigenvalue weighted by Gasteiger charge is -1.93. The molecule has 1 aromatic rings. The van der Waals surface area contributed by atoms with Gasteiger partial charge in [-0.2, -0.15) is 0 Å². The van der Waals surface area contributed by atoms with Gasteiger partial charge in [-0.15, -0.1) is 0 Å². The van der Waals surface area contributed by atoms with Crippen molar-refractivity contribution >= 4 is 0 Å². The van der Waals surface area contributed by atoms with Crippen molar-refractivity contribution in [2.75, 3.05) is 6.61 Å². The Hall–Kier alpha value is -0.830. The number of aromatic nitrogens is 2. The zero-order valence-electron chi connectivity index (χ0n) is 6.09. The summed E-state index contributed by atoms with van der Waals surface area (Å²) in [5.41, 5.74) is 2.17. The number of hydrogen-bond donors (Lipinski definition) is 2. The van der Waals surface area contributed by atoms with Crippen molar-refractivity contribution < 1.29 is 5.11 Å². The fourth-order valence-electron chi connectivity index (χ4n) is 0.886. The van der Waals surface area contributed by atoms with Crippen LogP contribution < -0.4 is 0 Å². The third-order valence-corrected chi connectivity index (χ3v) is 1.51. The summed E-state index contributed by atoms with van der Waals surface area (Å²) in [4.78, 5) is 7.07. The summed E-state index contributed by atoms with van der Waals surface area (Å²) in [7, 11) is 0. The van der Waals surface area contributed by atoms with Gasteiger partial charge in [0, 0.05) is 12.3 Å². The number of rotatable bonds is 3. The summed E-state index contributed by atoms with van der Waals surface area (Å²) in [6, 6.07) is 0. The highest BCUT2D eigenvalue weighted by Gasteiger charge is 1.98. The van der Waals surface area contributed by atoms with Gasteiger partial charge in [-0.1, -0.05) is 0 Å². The molecular formula is C7H12N2O. The molecule has 0 saturated carbocycles. The second-order valence-electron chi connectivity index (χ2n) is 2.30. The van der Waals surface area contributed by atoms with Crippen molar-refractivity contribution in [2.24, 2.45) is 0 Å². The molecular weight excluding hydrogens is 128 g/mol.